The number of rotatable bonds is 2. The van der Waals surface area contributed by atoms with Crippen molar-refractivity contribution < 1.29 is 5.11 Å². The summed E-state index contributed by atoms with van der Waals surface area (Å²) in [7, 11) is 0. The molecule has 122 valence electrons. The fourth-order valence-electron chi connectivity index (χ4n) is 3.21. The van der Waals surface area contributed by atoms with Crippen molar-refractivity contribution >= 4 is 44.4 Å². The lowest BCUT2D eigenvalue weighted by Gasteiger charge is -2.15. The van der Waals surface area contributed by atoms with Gasteiger partial charge in [-0.3, -0.25) is 0 Å². The summed E-state index contributed by atoms with van der Waals surface area (Å²) in [6.45, 7) is 1.92. The highest BCUT2D eigenvalue weighted by Crippen LogP contribution is 2.32. The van der Waals surface area contributed by atoms with E-state index in [1.807, 2.05) is 61.5 Å². The van der Waals surface area contributed by atoms with E-state index in [0.717, 1.165) is 32.8 Å². The molecule has 0 heterocycles. The van der Waals surface area contributed by atoms with Gasteiger partial charge < -0.3 is 10.4 Å². The molecule has 0 saturated carbocycles. The van der Waals surface area contributed by atoms with E-state index in [0.29, 0.717) is 10.6 Å². The van der Waals surface area contributed by atoms with Crippen LogP contribution in [-0.4, -0.2) is 10.1 Å². The number of fused-ring (bicyclic) bond motifs is 2. The lowest BCUT2D eigenvalue weighted by atomic mass is 10.00. The molecule has 0 bridgehead atoms. The first kappa shape index (κ1) is 15.6. The molecular formula is C22H17NOS. The fourth-order valence-corrected chi connectivity index (χ4v) is 3.48. The van der Waals surface area contributed by atoms with E-state index < -0.39 is 0 Å². The van der Waals surface area contributed by atoms with Gasteiger partial charge in [0.15, 0.2) is 0 Å². The number of thiocarbonyl (C=S) groups is 1. The number of nitrogens with one attached hydrogen (secondary N) is 1. The Labute approximate surface area is 151 Å². The van der Waals surface area contributed by atoms with Gasteiger partial charge in [0.05, 0.1) is 5.56 Å². The Kier molecular flexibility index (Phi) is 3.86. The summed E-state index contributed by atoms with van der Waals surface area (Å²) < 4.78 is 0. The van der Waals surface area contributed by atoms with Gasteiger partial charge in [-0.05, 0) is 40.8 Å². The maximum atomic E-state index is 10.6. The lowest BCUT2D eigenvalue weighted by molar-refractivity contribution is 0.471. The number of hydrogen-bond acceptors (Lipinski definition) is 2. The van der Waals surface area contributed by atoms with Gasteiger partial charge in [-0.25, -0.2) is 0 Å². The van der Waals surface area contributed by atoms with Crippen LogP contribution in [0.2, 0.25) is 0 Å². The van der Waals surface area contributed by atoms with Crippen LogP contribution in [0.5, 0.6) is 5.75 Å². The van der Waals surface area contributed by atoms with Crippen LogP contribution >= 0.6 is 12.2 Å². The molecule has 0 fully saturated rings. The average molecular weight is 343 g/mol. The second-order valence-corrected chi connectivity index (χ2v) is 6.51. The van der Waals surface area contributed by atoms with Crippen LogP contribution in [0.25, 0.3) is 21.5 Å². The normalized spacial score (nSPS) is 10.9. The third-order valence-electron chi connectivity index (χ3n) is 4.56. The lowest BCUT2D eigenvalue weighted by Crippen LogP contribution is -2.11. The molecule has 4 aromatic rings. The molecule has 0 aliphatic rings. The van der Waals surface area contributed by atoms with E-state index in [1.165, 1.54) is 0 Å². The summed E-state index contributed by atoms with van der Waals surface area (Å²) in [5, 5.41) is 18.3. The zero-order valence-corrected chi connectivity index (χ0v) is 14.6. The molecule has 0 radical (unpaired) electrons. The van der Waals surface area contributed by atoms with Gasteiger partial charge in [-0.15, -0.1) is 0 Å². The van der Waals surface area contributed by atoms with Crippen molar-refractivity contribution in [1.29, 1.82) is 0 Å². The quantitative estimate of drug-likeness (QED) is 0.452. The van der Waals surface area contributed by atoms with E-state index in [4.69, 9.17) is 12.2 Å². The number of aromatic hydroxyl groups is 1. The van der Waals surface area contributed by atoms with E-state index in [9.17, 15) is 5.11 Å². The van der Waals surface area contributed by atoms with Crippen molar-refractivity contribution in [3.05, 3.63) is 83.9 Å². The van der Waals surface area contributed by atoms with Crippen LogP contribution in [0, 0.1) is 6.92 Å². The number of aryl methyl sites for hydroxylation is 1. The Morgan fingerprint density at radius 1 is 0.840 bits per heavy atom. The maximum Gasteiger partial charge on any atom is 0.129 e. The van der Waals surface area contributed by atoms with E-state index in [-0.39, 0.29) is 5.75 Å². The second kappa shape index (κ2) is 6.19. The maximum absolute atomic E-state index is 10.6. The van der Waals surface area contributed by atoms with Crippen LogP contribution in [-0.2, 0) is 0 Å². The van der Waals surface area contributed by atoms with Crippen molar-refractivity contribution in [1.82, 2.24) is 0 Å². The summed E-state index contributed by atoms with van der Waals surface area (Å²) in [5.74, 6) is 0.233. The molecule has 0 atom stereocenters. The molecule has 0 spiro atoms. The predicted molar refractivity (Wildman–Crippen MR) is 110 cm³/mol. The highest BCUT2D eigenvalue weighted by atomic mass is 32.1. The summed E-state index contributed by atoms with van der Waals surface area (Å²) in [4.78, 5) is 0.516. The molecule has 2 N–H and O–H groups in total. The molecule has 0 aliphatic heterocycles. The predicted octanol–water partition coefficient (Wildman–Crippen LogP) is 5.79. The molecule has 4 rings (SSSR count). The van der Waals surface area contributed by atoms with Crippen LogP contribution in [0.15, 0.2) is 72.8 Å². The molecular weight excluding hydrogens is 326 g/mol. The van der Waals surface area contributed by atoms with Gasteiger partial charge in [0.25, 0.3) is 0 Å². The number of anilines is 1. The van der Waals surface area contributed by atoms with Gasteiger partial charge in [-0.2, -0.15) is 0 Å². The standard InChI is InChI=1S/C22H17NOS/c1-14-17-10-4-3-8-16(17)13-19(21(14)24)22(25)23-20-12-6-9-15-7-2-5-11-18(15)20/h2-13,24H,1H3,(H,23,25). The molecule has 3 heteroatoms. The first-order valence-electron chi connectivity index (χ1n) is 8.15. The summed E-state index contributed by atoms with van der Waals surface area (Å²) in [6.07, 6.45) is 0. The Balaban J connectivity index is 1.79. The third-order valence-corrected chi connectivity index (χ3v) is 4.88. The van der Waals surface area contributed by atoms with Crippen LogP contribution in [0.3, 0.4) is 0 Å². The zero-order valence-electron chi connectivity index (χ0n) is 13.8. The third kappa shape index (κ3) is 2.73. The van der Waals surface area contributed by atoms with Gasteiger partial charge in [-0.1, -0.05) is 72.9 Å². The molecule has 0 aliphatic carbocycles. The molecule has 0 amide bonds. The van der Waals surface area contributed by atoms with Crippen molar-refractivity contribution in [3.8, 4) is 5.75 Å². The summed E-state index contributed by atoms with van der Waals surface area (Å²) in [6, 6.07) is 24.2. The minimum absolute atomic E-state index is 0.233. The minimum Gasteiger partial charge on any atom is -0.507 e. The summed E-state index contributed by atoms with van der Waals surface area (Å²) >= 11 is 5.60. The van der Waals surface area contributed by atoms with Gasteiger partial charge in [0.1, 0.15) is 10.7 Å². The largest absolute Gasteiger partial charge is 0.507 e. The second-order valence-electron chi connectivity index (χ2n) is 6.10. The van der Waals surface area contributed by atoms with Gasteiger partial charge in [0.2, 0.25) is 0 Å². The first-order chi connectivity index (χ1) is 12.1. The average Bonchev–Trinajstić information content (AvgIpc) is 2.65. The SMILES string of the molecule is Cc1c(O)c(C(=S)Nc2cccc3ccccc23)cc2ccccc12. The van der Waals surface area contributed by atoms with E-state index >= 15 is 0 Å². The van der Waals surface area contributed by atoms with Gasteiger partial charge >= 0.3 is 0 Å². The van der Waals surface area contributed by atoms with E-state index in [2.05, 4.69) is 23.5 Å². The molecule has 0 saturated heterocycles. The number of benzene rings is 4. The highest BCUT2D eigenvalue weighted by molar-refractivity contribution is 7.81. The highest BCUT2D eigenvalue weighted by Gasteiger charge is 2.14. The Morgan fingerprint density at radius 3 is 2.28 bits per heavy atom. The van der Waals surface area contributed by atoms with Crippen molar-refractivity contribution in [2.45, 2.75) is 6.92 Å². The molecule has 25 heavy (non-hydrogen) atoms. The molecule has 4 aromatic carbocycles. The number of hydrogen-bond donors (Lipinski definition) is 2. The Bertz CT molecular complexity index is 1110. The molecule has 0 unspecified atom stereocenters. The van der Waals surface area contributed by atoms with Crippen LogP contribution < -0.4 is 5.32 Å². The zero-order chi connectivity index (χ0) is 17.4. The van der Waals surface area contributed by atoms with Gasteiger partial charge in [0, 0.05) is 11.1 Å². The molecule has 0 aromatic heterocycles. The van der Waals surface area contributed by atoms with Crippen molar-refractivity contribution in [2.24, 2.45) is 0 Å². The Hall–Kier alpha value is -2.91. The van der Waals surface area contributed by atoms with E-state index in [1.54, 1.807) is 0 Å². The minimum atomic E-state index is 0.233. The van der Waals surface area contributed by atoms with Crippen molar-refractivity contribution in [2.75, 3.05) is 5.32 Å². The monoisotopic (exact) mass is 343 g/mol. The smallest absolute Gasteiger partial charge is 0.129 e. The summed E-state index contributed by atoms with van der Waals surface area (Å²) in [5.41, 5.74) is 2.43. The first-order valence-corrected chi connectivity index (χ1v) is 8.56. The van der Waals surface area contributed by atoms with Crippen molar-refractivity contribution in [3.63, 3.8) is 0 Å². The Morgan fingerprint density at radius 2 is 1.48 bits per heavy atom. The number of phenols is 1. The van der Waals surface area contributed by atoms with Crippen LogP contribution in [0.1, 0.15) is 11.1 Å². The fraction of sp³-hybridized carbons (Fsp3) is 0.0455. The van der Waals surface area contributed by atoms with Crippen LogP contribution in [0.4, 0.5) is 5.69 Å². The topological polar surface area (TPSA) is 32.3 Å². The molecule has 2 nitrogen and oxygen atoms in total. The number of phenolic OH excluding ortho intramolecular Hbond substituents is 1.